The van der Waals surface area contributed by atoms with Crippen molar-refractivity contribution in [1.29, 1.82) is 0 Å². The standard InChI is InChI=1S/2C8H20P.C2H6O6S2/c2*1-5-9(6-2,7-3)8-4;3-9(4,5)1-2-10(6,7)8/h2*5-8H2,1-4H3;1-2H2,(H,3,4,5)(H,6,7,8)/q2*+1;/p-2. The van der Waals surface area contributed by atoms with E-state index in [1.165, 1.54) is 49.3 Å². The van der Waals surface area contributed by atoms with E-state index in [4.69, 9.17) is 0 Å². The van der Waals surface area contributed by atoms with Crippen molar-refractivity contribution in [3.05, 3.63) is 0 Å². The Kier molecular flexibility index (Phi) is 19.5. The summed E-state index contributed by atoms with van der Waals surface area (Å²) in [6.07, 6.45) is 11.6. The molecule has 0 N–H and O–H groups in total. The SMILES string of the molecule is CC[P+](CC)(CC)CC.CC[P+](CC)(CC)CC.O=S(=O)([O-])CCS(=O)(=O)[O-]. The van der Waals surface area contributed by atoms with Crippen LogP contribution >= 0.6 is 14.5 Å². The molecule has 0 aromatic rings. The van der Waals surface area contributed by atoms with Gasteiger partial charge in [-0.05, 0) is 55.4 Å². The third-order valence-electron chi connectivity index (χ3n) is 5.95. The lowest BCUT2D eigenvalue weighted by molar-refractivity contribution is 0.452. The molecule has 0 heterocycles. The molecule has 0 aliphatic heterocycles. The first-order valence-electron chi connectivity index (χ1n) is 10.3. The third-order valence-corrected chi connectivity index (χ3v) is 18.3. The first-order chi connectivity index (χ1) is 12.7. The lowest BCUT2D eigenvalue weighted by Gasteiger charge is -2.20. The van der Waals surface area contributed by atoms with Crippen molar-refractivity contribution >= 4 is 34.8 Å². The van der Waals surface area contributed by atoms with Gasteiger partial charge < -0.3 is 9.11 Å². The van der Waals surface area contributed by atoms with Gasteiger partial charge in [0.05, 0.1) is 81.0 Å². The van der Waals surface area contributed by atoms with E-state index in [0.717, 1.165) is 0 Å². The van der Waals surface area contributed by atoms with Gasteiger partial charge in [-0.25, -0.2) is 16.8 Å². The van der Waals surface area contributed by atoms with Crippen LogP contribution in [-0.4, -0.2) is 86.7 Å². The minimum absolute atomic E-state index is 0.420. The second kappa shape index (κ2) is 16.4. The molecular formula is C18H44O6P2S2. The van der Waals surface area contributed by atoms with Crippen LogP contribution in [0.1, 0.15) is 55.4 Å². The van der Waals surface area contributed by atoms with Crippen molar-refractivity contribution in [2.75, 3.05) is 60.8 Å². The van der Waals surface area contributed by atoms with E-state index in [0.29, 0.717) is 0 Å². The van der Waals surface area contributed by atoms with Gasteiger partial charge in [-0.2, -0.15) is 0 Å². The summed E-state index contributed by atoms with van der Waals surface area (Å²) >= 11 is 0. The van der Waals surface area contributed by atoms with Crippen molar-refractivity contribution < 1.29 is 25.9 Å². The van der Waals surface area contributed by atoms with Crippen LogP contribution in [0.25, 0.3) is 0 Å². The highest BCUT2D eigenvalue weighted by Crippen LogP contribution is 2.57. The fourth-order valence-electron chi connectivity index (χ4n) is 2.89. The normalized spacial score (nSPS) is 12.5. The van der Waals surface area contributed by atoms with Crippen LogP contribution in [0.15, 0.2) is 0 Å². The highest BCUT2D eigenvalue weighted by molar-refractivity contribution is 7.89. The summed E-state index contributed by atoms with van der Waals surface area (Å²) < 4.78 is 58.3. The van der Waals surface area contributed by atoms with Crippen LogP contribution in [0.5, 0.6) is 0 Å². The van der Waals surface area contributed by atoms with Gasteiger partial charge in [0, 0.05) is 14.5 Å². The minimum atomic E-state index is -4.59. The monoisotopic (exact) mass is 482 g/mol. The molecule has 0 saturated heterocycles. The molecule has 0 unspecified atom stereocenters. The predicted molar refractivity (Wildman–Crippen MR) is 127 cm³/mol. The first-order valence-corrected chi connectivity index (χ1v) is 18.5. The molecule has 0 amide bonds. The molecule has 28 heavy (non-hydrogen) atoms. The van der Waals surface area contributed by atoms with Gasteiger partial charge in [0.2, 0.25) is 0 Å². The smallest absolute Gasteiger partial charge is 0.0955 e. The number of hydrogen-bond donors (Lipinski definition) is 0. The average molecular weight is 483 g/mol. The molecule has 0 spiro atoms. The second-order valence-corrected chi connectivity index (χ2v) is 20.2. The van der Waals surface area contributed by atoms with E-state index in [2.05, 4.69) is 55.4 Å². The molecule has 174 valence electrons. The van der Waals surface area contributed by atoms with Crippen LogP contribution in [0, 0.1) is 0 Å². The fraction of sp³-hybridized carbons (Fsp3) is 1.00. The fourth-order valence-corrected chi connectivity index (χ4v) is 9.89. The molecule has 6 nitrogen and oxygen atoms in total. The molecule has 0 aliphatic rings. The Morgan fingerprint density at radius 2 is 0.607 bits per heavy atom. The zero-order valence-electron chi connectivity index (χ0n) is 19.2. The number of hydrogen-bond acceptors (Lipinski definition) is 6. The maximum absolute atomic E-state index is 9.72. The van der Waals surface area contributed by atoms with Gasteiger partial charge >= 0.3 is 0 Å². The Morgan fingerprint density at radius 1 is 0.464 bits per heavy atom. The molecule has 0 rings (SSSR count). The van der Waals surface area contributed by atoms with E-state index >= 15 is 0 Å². The zero-order valence-corrected chi connectivity index (χ0v) is 22.7. The average Bonchev–Trinajstić information content (AvgIpc) is 2.65. The van der Waals surface area contributed by atoms with Crippen LogP contribution in [-0.2, 0) is 20.2 Å². The molecule has 0 aromatic carbocycles. The van der Waals surface area contributed by atoms with Gasteiger partial charge in [-0.3, -0.25) is 0 Å². The summed E-state index contributed by atoms with van der Waals surface area (Å²) in [5.74, 6) is -2.31. The lowest BCUT2D eigenvalue weighted by atomic mass is 10.9. The molecule has 0 atom stereocenters. The van der Waals surface area contributed by atoms with Gasteiger partial charge in [-0.15, -0.1) is 0 Å². The van der Waals surface area contributed by atoms with E-state index in [9.17, 15) is 25.9 Å². The van der Waals surface area contributed by atoms with E-state index < -0.39 is 46.3 Å². The van der Waals surface area contributed by atoms with Crippen LogP contribution < -0.4 is 0 Å². The van der Waals surface area contributed by atoms with Gasteiger partial charge in [0.15, 0.2) is 0 Å². The summed E-state index contributed by atoms with van der Waals surface area (Å²) in [4.78, 5) is 0. The molecule has 0 aromatic heterocycles. The largest absolute Gasteiger partial charge is 0.748 e. The molecule has 0 fully saturated rings. The number of rotatable bonds is 11. The third kappa shape index (κ3) is 17.5. The molecule has 0 saturated carbocycles. The van der Waals surface area contributed by atoms with Crippen LogP contribution in [0.4, 0.5) is 0 Å². The van der Waals surface area contributed by atoms with E-state index in [-0.39, 0.29) is 0 Å². The van der Waals surface area contributed by atoms with Gasteiger partial charge in [-0.1, -0.05) is 0 Å². The van der Waals surface area contributed by atoms with E-state index in [1.807, 2.05) is 0 Å². The van der Waals surface area contributed by atoms with Crippen molar-refractivity contribution in [3.63, 3.8) is 0 Å². The Hall–Kier alpha value is 0.680. The summed E-state index contributed by atoms with van der Waals surface area (Å²) in [5, 5.41) is 0. The van der Waals surface area contributed by atoms with Gasteiger partial charge in [0.1, 0.15) is 0 Å². The Bertz CT molecular complexity index is 482. The summed E-state index contributed by atoms with van der Waals surface area (Å²) in [6, 6.07) is 0. The molecule has 0 bridgehead atoms. The lowest BCUT2D eigenvalue weighted by Crippen LogP contribution is -2.15. The predicted octanol–water partition coefficient (Wildman–Crippen LogP) is 4.24. The van der Waals surface area contributed by atoms with Crippen LogP contribution in [0.3, 0.4) is 0 Å². The Morgan fingerprint density at radius 3 is 0.643 bits per heavy atom. The Labute approximate surface area is 176 Å². The summed E-state index contributed by atoms with van der Waals surface area (Å²) in [7, 11) is -10.0. The zero-order chi connectivity index (χ0) is 23.1. The molecule has 10 heteroatoms. The summed E-state index contributed by atoms with van der Waals surface area (Å²) in [6.45, 7) is 18.8. The maximum atomic E-state index is 9.72. The molecule has 0 aliphatic carbocycles. The molecular weight excluding hydrogens is 438 g/mol. The molecule has 0 radical (unpaired) electrons. The topological polar surface area (TPSA) is 114 Å². The highest BCUT2D eigenvalue weighted by Gasteiger charge is 2.28. The second-order valence-electron chi connectivity index (χ2n) is 6.74. The van der Waals surface area contributed by atoms with Crippen molar-refractivity contribution in [2.24, 2.45) is 0 Å². The van der Waals surface area contributed by atoms with Gasteiger partial charge in [0.25, 0.3) is 0 Å². The quantitative estimate of drug-likeness (QED) is 0.321. The van der Waals surface area contributed by atoms with Crippen molar-refractivity contribution in [3.8, 4) is 0 Å². The maximum Gasteiger partial charge on any atom is 0.0955 e. The van der Waals surface area contributed by atoms with Crippen molar-refractivity contribution in [1.82, 2.24) is 0 Å². The van der Waals surface area contributed by atoms with Crippen LogP contribution in [0.2, 0.25) is 0 Å². The van der Waals surface area contributed by atoms with E-state index in [1.54, 1.807) is 0 Å². The summed E-state index contributed by atoms with van der Waals surface area (Å²) in [5.41, 5.74) is 0. The highest BCUT2D eigenvalue weighted by atomic mass is 32.2. The first kappa shape index (κ1) is 33.3. The van der Waals surface area contributed by atoms with Crippen molar-refractivity contribution in [2.45, 2.75) is 55.4 Å². The minimum Gasteiger partial charge on any atom is -0.748 e. The Balaban J connectivity index is -0.000000336.